The third-order valence-electron chi connectivity index (χ3n) is 2.27. The molecule has 0 fully saturated rings. The largest absolute Gasteiger partial charge is 0.382 e. The minimum Gasteiger partial charge on any atom is -0.382 e. The molecule has 0 aliphatic heterocycles. The number of carbonyl (C=O) groups is 1. The van der Waals surface area contributed by atoms with Crippen LogP contribution in [0.15, 0.2) is 24.5 Å². The average Bonchev–Trinajstić information content (AvgIpc) is 2.76. The van der Waals surface area contributed by atoms with Crippen molar-refractivity contribution in [3.63, 3.8) is 0 Å². The van der Waals surface area contributed by atoms with Crippen LogP contribution in [0.1, 0.15) is 28.3 Å². The van der Waals surface area contributed by atoms with Crippen molar-refractivity contribution in [1.29, 1.82) is 0 Å². The lowest BCUT2D eigenvalue weighted by Gasteiger charge is -2.11. The van der Waals surface area contributed by atoms with Crippen LogP contribution in [0.3, 0.4) is 0 Å². The minimum atomic E-state index is -0.292. The highest BCUT2D eigenvalue weighted by Crippen LogP contribution is 2.26. The number of nitrogens with one attached hydrogen (secondary N) is 1. The van der Waals surface area contributed by atoms with Crippen molar-refractivity contribution in [2.75, 3.05) is 5.73 Å². The molecule has 0 aliphatic rings. The van der Waals surface area contributed by atoms with E-state index in [9.17, 15) is 4.79 Å². The number of aromatic nitrogens is 2. The number of amides is 1. The number of nitrogen functional groups attached to an aromatic ring is 1. The second-order valence-electron chi connectivity index (χ2n) is 3.66. The summed E-state index contributed by atoms with van der Waals surface area (Å²) in [5, 5.41) is 2.81. The van der Waals surface area contributed by atoms with E-state index in [-0.39, 0.29) is 23.5 Å². The fraction of sp³-hybridized carbons (Fsp3) is 0.182. The molecule has 1 amide bonds. The molecular formula is C11H11ClN4OS. The fourth-order valence-corrected chi connectivity index (χ4v) is 2.42. The topological polar surface area (TPSA) is 80.9 Å². The Morgan fingerprint density at radius 3 is 2.78 bits per heavy atom. The van der Waals surface area contributed by atoms with E-state index in [0.29, 0.717) is 4.34 Å². The Hall–Kier alpha value is -1.66. The first-order valence-corrected chi connectivity index (χ1v) is 6.39. The van der Waals surface area contributed by atoms with E-state index in [1.54, 1.807) is 6.07 Å². The zero-order valence-corrected chi connectivity index (χ0v) is 11.1. The summed E-state index contributed by atoms with van der Waals surface area (Å²) in [7, 11) is 0. The molecule has 5 nitrogen and oxygen atoms in total. The molecule has 1 atom stereocenters. The van der Waals surface area contributed by atoms with Gasteiger partial charge in [0.2, 0.25) is 0 Å². The zero-order valence-electron chi connectivity index (χ0n) is 9.55. The molecule has 0 radical (unpaired) electrons. The van der Waals surface area contributed by atoms with Crippen LogP contribution in [0.4, 0.5) is 5.82 Å². The Balaban J connectivity index is 2.05. The molecule has 3 N–H and O–H groups in total. The molecule has 2 heterocycles. The normalized spacial score (nSPS) is 12.1. The molecule has 0 aliphatic carbocycles. The third-order valence-corrected chi connectivity index (χ3v) is 3.69. The molecule has 18 heavy (non-hydrogen) atoms. The highest BCUT2D eigenvalue weighted by atomic mass is 35.5. The van der Waals surface area contributed by atoms with Gasteiger partial charge in [-0.05, 0) is 19.1 Å². The number of nitrogens with two attached hydrogens (primary N) is 1. The van der Waals surface area contributed by atoms with Gasteiger partial charge in [0.05, 0.1) is 22.8 Å². The van der Waals surface area contributed by atoms with Gasteiger partial charge < -0.3 is 11.1 Å². The van der Waals surface area contributed by atoms with Gasteiger partial charge in [-0.15, -0.1) is 11.3 Å². The number of halogens is 1. The molecule has 1 unspecified atom stereocenters. The standard InChI is InChI=1S/C11H11ClN4OS/c1-6(8-2-3-9(12)18-8)16-11(17)7-4-15-10(13)5-14-7/h2-6H,1H3,(H2,13,15)(H,16,17). The monoisotopic (exact) mass is 282 g/mol. The van der Waals surface area contributed by atoms with Crippen LogP contribution in [0.5, 0.6) is 0 Å². The predicted octanol–water partition coefficient (Wildman–Crippen LogP) is 2.26. The number of hydrogen-bond acceptors (Lipinski definition) is 5. The van der Waals surface area contributed by atoms with E-state index in [4.69, 9.17) is 17.3 Å². The minimum absolute atomic E-state index is 0.130. The van der Waals surface area contributed by atoms with Crippen LogP contribution in [-0.2, 0) is 0 Å². The Bertz CT molecular complexity index is 554. The van der Waals surface area contributed by atoms with Crippen molar-refractivity contribution in [1.82, 2.24) is 15.3 Å². The Labute approximate surface area is 113 Å². The fourth-order valence-electron chi connectivity index (χ4n) is 1.36. The third kappa shape index (κ3) is 2.96. The van der Waals surface area contributed by atoms with Crippen LogP contribution in [0.2, 0.25) is 4.34 Å². The highest BCUT2D eigenvalue weighted by Gasteiger charge is 2.14. The first-order chi connectivity index (χ1) is 8.56. The molecule has 7 heteroatoms. The van der Waals surface area contributed by atoms with Crippen molar-refractivity contribution in [3.05, 3.63) is 39.4 Å². The first kappa shape index (κ1) is 12.8. The van der Waals surface area contributed by atoms with Gasteiger partial charge in [0, 0.05) is 4.88 Å². The van der Waals surface area contributed by atoms with Crippen molar-refractivity contribution >= 4 is 34.7 Å². The number of anilines is 1. The van der Waals surface area contributed by atoms with Gasteiger partial charge in [0.1, 0.15) is 11.5 Å². The van der Waals surface area contributed by atoms with E-state index >= 15 is 0 Å². The molecule has 0 saturated carbocycles. The average molecular weight is 283 g/mol. The van der Waals surface area contributed by atoms with Crippen molar-refractivity contribution in [2.45, 2.75) is 13.0 Å². The maximum Gasteiger partial charge on any atom is 0.271 e. The van der Waals surface area contributed by atoms with E-state index < -0.39 is 0 Å². The summed E-state index contributed by atoms with van der Waals surface area (Å²) < 4.78 is 0.693. The van der Waals surface area contributed by atoms with Crippen molar-refractivity contribution in [2.24, 2.45) is 0 Å². The summed E-state index contributed by atoms with van der Waals surface area (Å²) in [6.07, 6.45) is 2.69. The van der Waals surface area contributed by atoms with Gasteiger partial charge in [-0.3, -0.25) is 4.79 Å². The van der Waals surface area contributed by atoms with Crippen LogP contribution < -0.4 is 11.1 Å². The number of hydrogen-bond donors (Lipinski definition) is 2. The van der Waals surface area contributed by atoms with Gasteiger partial charge >= 0.3 is 0 Å². The SMILES string of the molecule is CC(NC(=O)c1cnc(N)cn1)c1ccc(Cl)s1. The predicted molar refractivity (Wildman–Crippen MR) is 71.7 cm³/mol. The van der Waals surface area contributed by atoms with Gasteiger partial charge in [0.25, 0.3) is 5.91 Å². The number of carbonyl (C=O) groups excluding carboxylic acids is 1. The molecule has 94 valence electrons. The second kappa shape index (κ2) is 5.32. The summed E-state index contributed by atoms with van der Waals surface area (Å²) in [6.45, 7) is 1.88. The Morgan fingerprint density at radius 2 is 2.22 bits per heavy atom. The van der Waals surface area contributed by atoms with Crippen LogP contribution >= 0.6 is 22.9 Å². The summed E-state index contributed by atoms with van der Waals surface area (Å²) in [5.74, 6) is -0.0100. The van der Waals surface area contributed by atoms with Crippen LogP contribution in [-0.4, -0.2) is 15.9 Å². The molecule has 0 spiro atoms. The summed E-state index contributed by atoms with van der Waals surface area (Å²) in [4.78, 5) is 20.6. The van der Waals surface area contributed by atoms with E-state index in [2.05, 4.69) is 15.3 Å². The smallest absolute Gasteiger partial charge is 0.271 e. The lowest BCUT2D eigenvalue weighted by Crippen LogP contribution is -2.27. The van der Waals surface area contributed by atoms with E-state index in [1.165, 1.54) is 23.7 Å². The van der Waals surface area contributed by atoms with Gasteiger partial charge in [-0.25, -0.2) is 9.97 Å². The maximum atomic E-state index is 11.9. The highest BCUT2D eigenvalue weighted by molar-refractivity contribution is 7.16. The lowest BCUT2D eigenvalue weighted by atomic mass is 10.2. The second-order valence-corrected chi connectivity index (χ2v) is 5.41. The quantitative estimate of drug-likeness (QED) is 0.905. The zero-order chi connectivity index (χ0) is 13.1. The molecule has 2 aromatic rings. The molecule has 0 aromatic carbocycles. The summed E-state index contributed by atoms with van der Waals surface area (Å²) in [5.41, 5.74) is 5.64. The summed E-state index contributed by atoms with van der Waals surface area (Å²) in [6, 6.07) is 3.55. The number of thiophene rings is 1. The first-order valence-electron chi connectivity index (χ1n) is 5.20. The van der Waals surface area contributed by atoms with Gasteiger partial charge in [-0.2, -0.15) is 0 Å². The molecule has 0 saturated heterocycles. The molecule has 2 aromatic heterocycles. The van der Waals surface area contributed by atoms with Crippen LogP contribution in [0, 0.1) is 0 Å². The van der Waals surface area contributed by atoms with E-state index in [1.807, 2.05) is 13.0 Å². The number of nitrogens with zero attached hydrogens (tertiary/aromatic N) is 2. The molecule has 2 rings (SSSR count). The molecular weight excluding hydrogens is 272 g/mol. The Kier molecular flexibility index (Phi) is 3.78. The Morgan fingerprint density at radius 1 is 1.44 bits per heavy atom. The lowest BCUT2D eigenvalue weighted by molar-refractivity contribution is 0.0935. The van der Waals surface area contributed by atoms with Gasteiger partial charge in [0.15, 0.2) is 0 Å². The maximum absolute atomic E-state index is 11.9. The molecule has 0 bridgehead atoms. The van der Waals surface area contributed by atoms with Crippen molar-refractivity contribution in [3.8, 4) is 0 Å². The number of rotatable bonds is 3. The van der Waals surface area contributed by atoms with Crippen LogP contribution in [0.25, 0.3) is 0 Å². The van der Waals surface area contributed by atoms with E-state index in [0.717, 1.165) is 4.88 Å². The van der Waals surface area contributed by atoms with Crippen molar-refractivity contribution < 1.29 is 4.79 Å². The summed E-state index contributed by atoms with van der Waals surface area (Å²) >= 11 is 7.28. The van der Waals surface area contributed by atoms with Gasteiger partial charge in [-0.1, -0.05) is 11.6 Å².